The van der Waals surface area contributed by atoms with Gasteiger partial charge >= 0.3 is 12.1 Å². The van der Waals surface area contributed by atoms with Gasteiger partial charge in [-0.15, -0.1) is 11.8 Å². The molecule has 2 aromatic rings. The highest BCUT2D eigenvalue weighted by Crippen LogP contribution is 2.37. The summed E-state index contributed by atoms with van der Waals surface area (Å²) in [6, 6.07) is 9.17. The lowest BCUT2D eigenvalue weighted by atomic mass is 10.1. The maximum atomic E-state index is 12.8. The number of benzene rings is 2. The van der Waals surface area contributed by atoms with E-state index in [2.05, 4.69) is 0 Å². The Labute approximate surface area is 127 Å². The topological polar surface area (TPSA) is 37.3 Å². The van der Waals surface area contributed by atoms with Gasteiger partial charge in [-0.25, -0.2) is 4.39 Å². The molecule has 0 saturated heterocycles. The molecule has 116 valence electrons. The summed E-state index contributed by atoms with van der Waals surface area (Å²) >= 11 is 0.925. The molecule has 2 rings (SSSR count). The highest BCUT2D eigenvalue weighted by Gasteiger charge is 2.31. The molecule has 7 heteroatoms. The number of rotatable bonds is 4. The third-order valence-corrected chi connectivity index (χ3v) is 4.09. The summed E-state index contributed by atoms with van der Waals surface area (Å²) in [6.45, 7) is 0. The number of hydrogen-bond acceptors (Lipinski definition) is 2. The van der Waals surface area contributed by atoms with Gasteiger partial charge < -0.3 is 5.11 Å². The summed E-state index contributed by atoms with van der Waals surface area (Å²) in [5.74, 6) is -1.64. The number of aliphatic carboxylic acids is 1. The van der Waals surface area contributed by atoms with Crippen molar-refractivity contribution in [3.8, 4) is 0 Å². The molecular weight excluding hydrogens is 320 g/mol. The first-order valence-electron chi connectivity index (χ1n) is 6.09. The van der Waals surface area contributed by atoms with Crippen LogP contribution in [0.15, 0.2) is 53.4 Å². The molecule has 2 nitrogen and oxygen atoms in total. The SMILES string of the molecule is O=C(O)[C@@H](Sc1ccc(F)cc1)c1ccc(C(F)(F)F)cc1. The Kier molecular flexibility index (Phi) is 4.75. The standard InChI is InChI=1S/C15H10F4O2S/c16-11-5-7-12(8-6-11)22-13(14(20)21)9-1-3-10(4-2-9)15(17,18)19/h1-8,13H,(H,20,21)/t13-/m0/s1. The third kappa shape index (κ3) is 4.00. The van der Waals surface area contributed by atoms with Gasteiger partial charge in [-0.05, 0) is 42.0 Å². The van der Waals surface area contributed by atoms with Gasteiger partial charge in [-0.3, -0.25) is 4.79 Å². The number of carboxylic acids is 1. The fourth-order valence-corrected chi connectivity index (χ4v) is 2.72. The summed E-state index contributed by atoms with van der Waals surface area (Å²) in [7, 11) is 0. The first-order chi connectivity index (χ1) is 10.3. The molecule has 0 unspecified atom stereocenters. The minimum atomic E-state index is -4.47. The van der Waals surface area contributed by atoms with Crippen molar-refractivity contribution in [3.63, 3.8) is 0 Å². The molecule has 1 atom stereocenters. The van der Waals surface area contributed by atoms with Crippen LogP contribution in [0, 0.1) is 5.82 Å². The third-order valence-electron chi connectivity index (χ3n) is 2.83. The number of carbonyl (C=O) groups is 1. The second-order valence-electron chi connectivity index (χ2n) is 4.41. The number of alkyl halides is 3. The molecule has 0 aromatic heterocycles. The zero-order chi connectivity index (χ0) is 16.3. The van der Waals surface area contributed by atoms with Crippen LogP contribution in [0.1, 0.15) is 16.4 Å². The maximum Gasteiger partial charge on any atom is 0.416 e. The van der Waals surface area contributed by atoms with E-state index in [0.29, 0.717) is 4.90 Å². The average molecular weight is 330 g/mol. The van der Waals surface area contributed by atoms with Gasteiger partial charge in [0.15, 0.2) is 0 Å². The number of carboxylic acid groups (broad SMARTS) is 1. The smallest absolute Gasteiger partial charge is 0.416 e. The first kappa shape index (κ1) is 16.4. The summed E-state index contributed by atoms with van der Waals surface area (Å²) < 4.78 is 50.4. The number of thioether (sulfide) groups is 1. The average Bonchev–Trinajstić information content (AvgIpc) is 2.45. The van der Waals surface area contributed by atoms with Gasteiger partial charge in [-0.1, -0.05) is 12.1 Å². The zero-order valence-corrected chi connectivity index (χ0v) is 11.8. The fourth-order valence-electron chi connectivity index (χ4n) is 1.76. The summed E-state index contributed by atoms with van der Waals surface area (Å²) in [5.41, 5.74) is -0.609. The van der Waals surface area contributed by atoms with Gasteiger partial charge in [0.25, 0.3) is 0 Å². The van der Waals surface area contributed by atoms with E-state index in [1.165, 1.54) is 24.3 Å². The van der Waals surface area contributed by atoms with Gasteiger partial charge in [0.2, 0.25) is 0 Å². The molecule has 22 heavy (non-hydrogen) atoms. The van der Waals surface area contributed by atoms with Crippen molar-refractivity contribution < 1.29 is 27.5 Å². The molecule has 0 radical (unpaired) electrons. The van der Waals surface area contributed by atoms with Gasteiger partial charge in [-0.2, -0.15) is 13.2 Å². The number of hydrogen-bond donors (Lipinski definition) is 1. The van der Waals surface area contributed by atoms with Crippen LogP contribution in [0.3, 0.4) is 0 Å². The summed E-state index contributed by atoms with van der Waals surface area (Å²) in [4.78, 5) is 11.8. The minimum Gasteiger partial charge on any atom is -0.480 e. The highest BCUT2D eigenvalue weighted by molar-refractivity contribution is 8.00. The van der Waals surface area contributed by atoms with Crippen LogP contribution in [0.4, 0.5) is 17.6 Å². The van der Waals surface area contributed by atoms with Crippen LogP contribution in [-0.2, 0) is 11.0 Å². The molecule has 0 heterocycles. The van der Waals surface area contributed by atoms with Crippen LogP contribution >= 0.6 is 11.8 Å². The van der Waals surface area contributed by atoms with Crippen molar-refractivity contribution in [2.24, 2.45) is 0 Å². The van der Waals surface area contributed by atoms with E-state index >= 15 is 0 Å². The van der Waals surface area contributed by atoms with Crippen molar-refractivity contribution in [2.75, 3.05) is 0 Å². The minimum absolute atomic E-state index is 0.231. The molecule has 0 fully saturated rings. The number of halogens is 4. The Morgan fingerprint density at radius 2 is 1.55 bits per heavy atom. The predicted molar refractivity (Wildman–Crippen MR) is 74.1 cm³/mol. The lowest BCUT2D eigenvalue weighted by Crippen LogP contribution is -2.09. The van der Waals surface area contributed by atoms with Crippen LogP contribution in [0.2, 0.25) is 0 Å². The fraction of sp³-hybridized carbons (Fsp3) is 0.133. The van der Waals surface area contributed by atoms with Gasteiger partial charge in [0, 0.05) is 4.90 Å². The van der Waals surface area contributed by atoms with Crippen molar-refractivity contribution in [2.45, 2.75) is 16.3 Å². The first-order valence-corrected chi connectivity index (χ1v) is 6.97. The van der Waals surface area contributed by atoms with E-state index in [0.717, 1.165) is 36.0 Å². The molecule has 2 aromatic carbocycles. The van der Waals surface area contributed by atoms with Crippen LogP contribution in [-0.4, -0.2) is 11.1 Å². The molecule has 0 saturated carbocycles. The van der Waals surface area contributed by atoms with E-state index < -0.39 is 28.8 Å². The maximum absolute atomic E-state index is 12.8. The second-order valence-corrected chi connectivity index (χ2v) is 5.59. The van der Waals surface area contributed by atoms with Crippen molar-refractivity contribution in [3.05, 3.63) is 65.5 Å². The second kappa shape index (κ2) is 6.39. The normalized spacial score (nSPS) is 12.9. The monoisotopic (exact) mass is 330 g/mol. The molecule has 0 bridgehead atoms. The van der Waals surface area contributed by atoms with Crippen LogP contribution in [0.5, 0.6) is 0 Å². The highest BCUT2D eigenvalue weighted by atomic mass is 32.2. The Hall–Kier alpha value is -2.02. The Morgan fingerprint density at radius 1 is 1.00 bits per heavy atom. The van der Waals surface area contributed by atoms with E-state index in [1.807, 2.05) is 0 Å². The van der Waals surface area contributed by atoms with Crippen LogP contribution < -0.4 is 0 Å². The van der Waals surface area contributed by atoms with E-state index in [-0.39, 0.29) is 5.56 Å². The van der Waals surface area contributed by atoms with Gasteiger partial charge in [0.05, 0.1) is 5.56 Å². The Bertz CT molecular complexity index is 651. The van der Waals surface area contributed by atoms with E-state index in [1.54, 1.807) is 0 Å². The largest absolute Gasteiger partial charge is 0.480 e. The Morgan fingerprint density at radius 3 is 2.00 bits per heavy atom. The molecule has 0 amide bonds. The molecule has 0 aliphatic carbocycles. The van der Waals surface area contributed by atoms with Crippen molar-refractivity contribution in [1.82, 2.24) is 0 Å². The Balaban J connectivity index is 2.24. The molecule has 1 N–H and O–H groups in total. The van der Waals surface area contributed by atoms with E-state index in [4.69, 9.17) is 0 Å². The predicted octanol–water partition coefficient (Wildman–Crippen LogP) is 4.76. The zero-order valence-electron chi connectivity index (χ0n) is 11.0. The quantitative estimate of drug-likeness (QED) is 0.648. The van der Waals surface area contributed by atoms with E-state index in [9.17, 15) is 27.5 Å². The summed E-state index contributed by atoms with van der Waals surface area (Å²) in [6.07, 6.45) is -4.47. The van der Waals surface area contributed by atoms with Crippen molar-refractivity contribution in [1.29, 1.82) is 0 Å². The van der Waals surface area contributed by atoms with Crippen LogP contribution in [0.25, 0.3) is 0 Å². The van der Waals surface area contributed by atoms with Gasteiger partial charge in [0.1, 0.15) is 11.1 Å². The molecule has 0 aliphatic rings. The lowest BCUT2D eigenvalue weighted by Gasteiger charge is -2.14. The summed E-state index contributed by atoms with van der Waals surface area (Å²) in [5, 5.41) is 8.18. The van der Waals surface area contributed by atoms with Crippen molar-refractivity contribution >= 4 is 17.7 Å². The molecule has 0 aliphatic heterocycles. The molecule has 0 spiro atoms. The molecular formula is C15H10F4O2S. The lowest BCUT2D eigenvalue weighted by molar-refractivity contribution is -0.137.